The largest absolute Gasteiger partial charge is 0.366 e. The third-order valence-corrected chi connectivity index (χ3v) is 3.00. The Kier molecular flexibility index (Phi) is 4.49. The molecule has 4 N–H and O–H groups in total. The second-order valence-corrected chi connectivity index (χ2v) is 4.91. The van der Waals surface area contributed by atoms with Gasteiger partial charge in [-0.25, -0.2) is 4.39 Å². The van der Waals surface area contributed by atoms with E-state index in [1.165, 1.54) is 6.07 Å². The number of nitrogens with two attached hydrogens (primary N) is 1. The van der Waals surface area contributed by atoms with E-state index < -0.39 is 5.91 Å². The molecule has 0 aliphatic carbocycles. The van der Waals surface area contributed by atoms with Crippen LogP contribution in [0.4, 0.5) is 15.8 Å². The van der Waals surface area contributed by atoms with Crippen LogP contribution in [0.5, 0.6) is 0 Å². The molecule has 2 aromatic carbocycles. The number of amides is 1. The summed E-state index contributed by atoms with van der Waals surface area (Å²) in [6.07, 6.45) is 0. The number of aryl methyl sites for hydroxylation is 1. The van der Waals surface area contributed by atoms with Gasteiger partial charge in [0.1, 0.15) is 5.82 Å². The van der Waals surface area contributed by atoms with E-state index in [9.17, 15) is 9.18 Å². The first kappa shape index (κ1) is 14.9. The molecule has 0 aliphatic rings. The van der Waals surface area contributed by atoms with Crippen molar-refractivity contribution >= 4 is 34.6 Å². The van der Waals surface area contributed by atoms with E-state index in [-0.39, 0.29) is 10.9 Å². The van der Waals surface area contributed by atoms with E-state index in [4.69, 9.17) is 18.0 Å². The SMILES string of the molecule is Cc1ccc(NC(=S)Nc2ccc(C(N)=O)cc2)c(F)c1. The second kappa shape index (κ2) is 6.32. The van der Waals surface area contributed by atoms with Crippen LogP contribution in [0.15, 0.2) is 42.5 Å². The number of carbonyl (C=O) groups excluding carboxylic acids is 1. The molecule has 0 atom stereocenters. The lowest BCUT2D eigenvalue weighted by Gasteiger charge is -2.11. The molecule has 0 aromatic heterocycles. The highest BCUT2D eigenvalue weighted by molar-refractivity contribution is 7.80. The zero-order chi connectivity index (χ0) is 15.4. The summed E-state index contributed by atoms with van der Waals surface area (Å²) in [5.41, 5.74) is 7.37. The molecule has 0 heterocycles. The number of carbonyl (C=O) groups is 1. The number of nitrogens with one attached hydrogen (secondary N) is 2. The summed E-state index contributed by atoms with van der Waals surface area (Å²) in [6, 6.07) is 11.3. The van der Waals surface area contributed by atoms with Gasteiger partial charge in [-0.3, -0.25) is 4.79 Å². The van der Waals surface area contributed by atoms with Gasteiger partial charge in [0.05, 0.1) is 5.69 Å². The number of primary amides is 1. The molecule has 2 aromatic rings. The van der Waals surface area contributed by atoms with Crippen LogP contribution in [0.25, 0.3) is 0 Å². The van der Waals surface area contributed by atoms with Crippen LogP contribution < -0.4 is 16.4 Å². The van der Waals surface area contributed by atoms with Crippen molar-refractivity contribution in [3.8, 4) is 0 Å². The monoisotopic (exact) mass is 303 g/mol. The van der Waals surface area contributed by atoms with Gasteiger partial charge in [0, 0.05) is 11.3 Å². The molecule has 0 aliphatic heterocycles. The van der Waals surface area contributed by atoms with Crippen LogP contribution in [0.3, 0.4) is 0 Å². The smallest absolute Gasteiger partial charge is 0.248 e. The summed E-state index contributed by atoms with van der Waals surface area (Å²) in [6.45, 7) is 1.81. The lowest BCUT2D eigenvalue weighted by molar-refractivity contribution is 0.100. The Morgan fingerprint density at radius 3 is 2.38 bits per heavy atom. The van der Waals surface area contributed by atoms with Crippen LogP contribution >= 0.6 is 12.2 Å². The minimum Gasteiger partial charge on any atom is -0.366 e. The molecule has 0 saturated carbocycles. The number of thiocarbonyl (C=S) groups is 1. The minimum atomic E-state index is -0.496. The number of rotatable bonds is 3. The Balaban J connectivity index is 2.02. The third kappa shape index (κ3) is 4.00. The van der Waals surface area contributed by atoms with Gasteiger partial charge in [-0.05, 0) is 61.1 Å². The summed E-state index contributed by atoms with van der Waals surface area (Å²) in [7, 11) is 0. The highest BCUT2D eigenvalue weighted by atomic mass is 32.1. The van der Waals surface area contributed by atoms with E-state index >= 15 is 0 Å². The average Bonchev–Trinajstić information content (AvgIpc) is 2.42. The summed E-state index contributed by atoms with van der Waals surface area (Å²) in [5.74, 6) is -0.868. The maximum absolute atomic E-state index is 13.7. The summed E-state index contributed by atoms with van der Waals surface area (Å²) >= 11 is 5.11. The molecular formula is C15H14FN3OS. The average molecular weight is 303 g/mol. The van der Waals surface area contributed by atoms with Crippen molar-refractivity contribution in [1.29, 1.82) is 0 Å². The molecule has 2 rings (SSSR count). The molecule has 1 amide bonds. The zero-order valence-electron chi connectivity index (χ0n) is 11.3. The maximum Gasteiger partial charge on any atom is 0.248 e. The zero-order valence-corrected chi connectivity index (χ0v) is 12.1. The topological polar surface area (TPSA) is 67.2 Å². The van der Waals surface area contributed by atoms with E-state index in [2.05, 4.69) is 10.6 Å². The molecule has 108 valence electrons. The highest BCUT2D eigenvalue weighted by Gasteiger charge is 2.05. The first-order valence-corrected chi connectivity index (χ1v) is 6.60. The minimum absolute atomic E-state index is 0.254. The molecule has 0 bridgehead atoms. The van der Waals surface area contributed by atoms with Crippen molar-refractivity contribution in [1.82, 2.24) is 0 Å². The summed E-state index contributed by atoms with van der Waals surface area (Å²) in [5, 5.41) is 5.93. The molecule has 21 heavy (non-hydrogen) atoms. The van der Waals surface area contributed by atoms with Crippen molar-refractivity contribution in [3.05, 3.63) is 59.4 Å². The first-order valence-electron chi connectivity index (χ1n) is 6.20. The standard InChI is InChI=1S/C15H14FN3OS/c1-9-2-7-13(12(16)8-9)19-15(21)18-11-5-3-10(4-6-11)14(17)20/h2-8H,1H3,(H2,17,20)(H2,18,19,21). The molecule has 0 fully saturated rings. The first-order chi connectivity index (χ1) is 9.95. The summed E-state index contributed by atoms with van der Waals surface area (Å²) < 4.78 is 13.7. The number of hydrogen-bond donors (Lipinski definition) is 3. The molecular weight excluding hydrogens is 289 g/mol. The van der Waals surface area contributed by atoms with E-state index in [1.54, 1.807) is 36.4 Å². The lowest BCUT2D eigenvalue weighted by Crippen LogP contribution is -2.20. The molecule has 4 nitrogen and oxygen atoms in total. The van der Waals surface area contributed by atoms with Gasteiger partial charge in [-0.15, -0.1) is 0 Å². The van der Waals surface area contributed by atoms with Crippen LogP contribution in [0.2, 0.25) is 0 Å². The predicted molar refractivity (Wildman–Crippen MR) is 85.9 cm³/mol. The Hall–Kier alpha value is -2.47. The van der Waals surface area contributed by atoms with Crippen LogP contribution in [0, 0.1) is 12.7 Å². The van der Waals surface area contributed by atoms with Gasteiger partial charge in [-0.1, -0.05) is 6.07 Å². The summed E-state index contributed by atoms with van der Waals surface area (Å²) in [4.78, 5) is 11.0. The molecule has 0 spiro atoms. The van der Waals surface area contributed by atoms with Crippen LogP contribution in [0.1, 0.15) is 15.9 Å². The molecule has 0 radical (unpaired) electrons. The molecule has 6 heteroatoms. The normalized spacial score (nSPS) is 10.0. The Morgan fingerprint density at radius 1 is 1.14 bits per heavy atom. The fraction of sp³-hybridized carbons (Fsp3) is 0.0667. The number of anilines is 2. The molecule has 0 unspecified atom stereocenters. The number of benzene rings is 2. The van der Waals surface area contributed by atoms with E-state index in [0.29, 0.717) is 16.9 Å². The van der Waals surface area contributed by atoms with Crippen LogP contribution in [-0.4, -0.2) is 11.0 Å². The second-order valence-electron chi connectivity index (χ2n) is 4.50. The van der Waals surface area contributed by atoms with Gasteiger partial charge >= 0.3 is 0 Å². The van der Waals surface area contributed by atoms with E-state index in [0.717, 1.165) is 5.56 Å². The molecule has 0 saturated heterocycles. The van der Waals surface area contributed by atoms with Gasteiger partial charge in [-0.2, -0.15) is 0 Å². The fourth-order valence-corrected chi connectivity index (χ4v) is 1.95. The number of hydrogen-bond acceptors (Lipinski definition) is 2. The third-order valence-electron chi connectivity index (χ3n) is 2.80. The Morgan fingerprint density at radius 2 is 1.81 bits per heavy atom. The van der Waals surface area contributed by atoms with E-state index in [1.807, 2.05) is 6.92 Å². The maximum atomic E-state index is 13.7. The highest BCUT2D eigenvalue weighted by Crippen LogP contribution is 2.16. The quantitative estimate of drug-likeness (QED) is 0.762. The van der Waals surface area contributed by atoms with Crippen molar-refractivity contribution in [2.45, 2.75) is 6.92 Å². The van der Waals surface area contributed by atoms with Gasteiger partial charge in [0.25, 0.3) is 0 Å². The lowest BCUT2D eigenvalue weighted by atomic mass is 10.2. The Labute approximate surface area is 127 Å². The van der Waals surface area contributed by atoms with Crippen molar-refractivity contribution in [3.63, 3.8) is 0 Å². The van der Waals surface area contributed by atoms with Crippen molar-refractivity contribution < 1.29 is 9.18 Å². The van der Waals surface area contributed by atoms with Crippen LogP contribution in [-0.2, 0) is 0 Å². The predicted octanol–water partition coefficient (Wildman–Crippen LogP) is 3.04. The van der Waals surface area contributed by atoms with Gasteiger partial charge in [0.2, 0.25) is 5.91 Å². The van der Waals surface area contributed by atoms with Crippen molar-refractivity contribution in [2.75, 3.05) is 10.6 Å². The van der Waals surface area contributed by atoms with Crippen molar-refractivity contribution in [2.24, 2.45) is 5.73 Å². The van der Waals surface area contributed by atoms with Gasteiger partial charge in [0.15, 0.2) is 5.11 Å². The Bertz CT molecular complexity index is 686. The number of halogens is 1. The fourth-order valence-electron chi connectivity index (χ4n) is 1.72. The van der Waals surface area contributed by atoms with Gasteiger partial charge < -0.3 is 16.4 Å².